The summed E-state index contributed by atoms with van der Waals surface area (Å²) in [5.74, 6) is 0. The van der Waals surface area contributed by atoms with E-state index in [0.717, 1.165) is 10.7 Å². The molecule has 0 aliphatic carbocycles. The number of halogens is 1. The lowest BCUT2D eigenvalue weighted by molar-refractivity contribution is 0.908. The molecule has 0 fully saturated rings. The van der Waals surface area contributed by atoms with E-state index in [1.165, 1.54) is 10.4 Å². The third-order valence-corrected chi connectivity index (χ3v) is 3.85. The van der Waals surface area contributed by atoms with Crippen molar-refractivity contribution in [2.75, 3.05) is 5.32 Å². The normalized spacial score (nSPS) is 12.4. The van der Waals surface area contributed by atoms with Gasteiger partial charge in [-0.2, -0.15) is 0 Å². The summed E-state index contributed by atoms with van der Waals surface area (Å²) in [6.45, 7) is 4.21. The Morgan fingerprint density at radius 3 is 2.81 bits per heavy atom. The molecule has 16 heavy (non-hydrogen) atoms. The Labute approximate surface area is 105 Å². The highest BCUT2D eigenvalue weighted by atomic mass is 35.5. The van der Waals surface area contributed by atoms with E-state index in [2.05, 4.69) is 42.7 Å². The Morgan fingerprint density at radius 1 is 1.31 bits per heavy atom. The molecule has 0 saturated carbocycles. The molecule has 1 atom stereocenters. The molecule has 1 nitrogen and oxygen atoms in total. The van der Waals surface area contributed by atoms with E-state index in [-0.39, 0.29) is 0 Å². The molecule has 84 valence electrons. The van der Waals surface area contributed by atoms with Crippen LogP contribution in [0.5, 0.6) is 0 Å². The summed E-state index contributed by atoms with van der Waals surface area (Å²) in [5, 5.41) is 6.29. The zero-order valence-corrected chi connectivity index (χ0v) is 10.9. The number of rotatable bonds is 3. The number of hydrogen-bond donors (Lipinski definition) is 1. The van der Waals surface area contributed by atoms with E-state index in [9.17, 15) is 0 Å². The highest BCUT2D eigenvalue weighted by Gasteiger charge is 2.08. The molecule has 1 N–H and O–H groups in total. The molecule has 1 unspecified atom stereocenters. The Kier molecular flexibility index (Phi) is 3.52. The predicted molar refractivity (Wildman–Crippen MR) is 72.5 cm³/mol. The van der Waals surface area contributed by atoms with Gasteiger partial charge >= 0.3 is 0 Å². The second-order valence-electron chi connectivity index (χ2n) is 3.86. The molecule has 0 saturated heterocycles. The standard InChI is InChI=1S/C13H14ClNS/c1-9-5-6-11(14)12(8-9)15-10(2)13-4-3-7-16-13/h3-8,10,15H,1-2H3. The van der Waals surface area contributed by atoms with E-state index in [4.69, 9.17) is 11.6 Å². The SMILES string of the molecule is Cc1ccc(Cl)c(NC(C)c2cccs2)c1. The van der Waals surface area contributed by atoms with E-state index in [0.29, 0.717) is 6.04 Å². The van der Waals surface area contributed by atoms with Gasteiger partial charge in [-0.15, -0.1) is 11.3 Å². The zero-order chi connectivity index (χ0) is 11.5. The minimum absolute atomic E-state index is 0.291. The van der Waals surface area contributed by atoms with Crippen LogP contribution in [0.25, 0.3) is 0 Å². The Morgan fingerprint density at radius 2 is 2.12 bits per heavy atom. The third kappa shape index (κ3) is 2.57. The van der Waals surface area contributed by atoms with Crippen LogP contribution in [-0.4, -0.2) is 0 Å². The molecular weight excluding hydrogens is 238 g/mol. The molecule has 0 aliphatic heterocycles. The van der Waals surface area contributed by atoms with Crippen molar-refractivity contribution in [3.05, 3.63) is 51.2 Å². The highest BCUT2D eigenvalue weighted by Crippen LogP contribution is 2.28. The van der Waals surface area contributed by atoms with Crippen molar-refractivity contribution in [1.82, 2.24) is 0 Å². The first-order chi connectivity index (χ1) is 7.66. The Bertz CT molecular complexity index is 465. The molecule has 1 heterocycles. The predicted octanol–water partition coefficient (Wildman–Crippen LogP) is 4.88. The quantitative estimate of drug-likeness (QED) is 0.820. The average molecular weight is 252 g/mol. The van der Waals surface area contributed by atoms with Crippen molar-refractivity contribution in [2.24, 2.45) is 0 Å². The maximum Gasteiger partial charge on any atom is 0.0637 e. The van der Waals surface area contributed by atoms with Gasteiger partial charge in [-0.1, -0.05) is 23.7 Å². The van der Waals surface area contributed by atoms with Crippen molar-refractivity contribution in [2.45, 2.75) is 19.9 Å². The van der Waals surface area contributed by atoms with Crippen molar-refractivity contribution < 1.29 is 0 Å². The lowest BCUT2D eigenvalue weighted by Gasteiger charge is -2.15. The monoisotopic (exact) mass is 251 g/mol. The molecule has 0 bridgehead atoms. The van der Waals surface area contributed by atoms with E-state index < -0.39 is 0 Å². The molecule has 3 heteroatoms. The summed E-state index contributed by atoms with van der Waals surface area (Å²) in [6, 6.07) is 10.5. The van der Waals surface area contributed by atoms with Crippen LogP contribution in [0.3, 0.4) is 0 Å². The molecular formula is C13H14ClNS. The fourth-order valence-electron chi connectivity index (χ4n) is 1.59. The zero-order valence-electron chi connectivity index (χ0n) is 9.33. The van der Waals surface area contributed by atoms with Gasteiger partial charge in [-0.25, -0.2) is 0 Å². The van der Waals surface area contributed by atoms with Crippen LogP contribution in [0.1, 0.15) is 23.4 Å². The van der Waals surface area contributed by atoms with Crippen molar-refractivity contribution in [1.29, 1.82) is 0 Å². The van der Waals surface area contributed by atoms with Crippen LogP contribution in [0.4, 0.5) is 5.69 Å². The summed E-state index contributed by atoms with van der Waals surface area (Å²) < 4.78 is 0. The van der Waals surface area contributed by atoms with E-state index >= 15 is 0 Å². The summed E-state index contributed by atoms with van der Waals surface area (Å²) in [5.41, 5.74) is 2.22. The smallest absolute Gasteiger partial charge is 0.0637 e. The second-order valence-corrected chi connectivity index (χ2v) is 5.25. The molecule has 2 rings (SSSR count). The number of aryl methyl sites for hydroxylation is 1. The van der Waals surface area contributed by atoms with Crippen LogP contribution in [0.2, 0.25) is 5.02 Å². The minimum Gasteiger partial charge on any atom is -0.376 e. The van der Waals surface area contributed by atoms with Gasteiger partial charge in [0, 0.05) is 4.88 Å². The number of anilines is 1. The molecule has 1 aromatic carbocycles. The molecule has 0 aliphatic rings. The highest BCUT2D eigenvalue weighted by molar-refractivity contribution is 7.10. The number of nitrogens with one attached hydrogen (secondary N) is 1. The van der Waals surface area contributed by atoms with Gasteiger partial charge in [0.05, 0.1) is 16.8 Å². The van der Waals surface area contributed by atoms with Gasteiger partial charge in [0.2, 0.25) is 0 Å². The first kappa shape index (κ1) is 11.5. The van der Waals surface area contributed by atoms with Gasteiger partial charge in [-0.3, -0.25) is 0 Å². The summed E-state index contributed by atoms with van der Waals surface area (Å²) >= 11 is 7.90. The topological polar surface area (TPSA) is 12.0 Å². The van der Waals surface area contributed by atoms with Gasteiger partial charge in [0.1, 0.15) is 0 Å². The molecule has 0 radical (unpaired) electrons. The first-order valence-electron chi connectivity index (χ1n) is 5.23. The van der Waals surface area contributed by atoms with Crippen molar-refractivity contribution in [3.8, 4) is 0 Å². The molecule has 0 spiro atoms. The second kappa shape index (κ2) is 4.89. The molecule has 1 aromatic heterocycles. The van der Waals surface area contributed by atoms with E-state index in [1.807, 2.05) is 12.1 Å². The third-order valence-electron chi connectivity index (χ3n) is 2.46. The van der Waals surface area contributed by atoms with Crippen molar-refractivity contribution >= 4 is 28.6 Å². The van der Waals surface area contributed by atoms with Crippen LogP contribution >= 0.6 is 22.9 Å². The number of thiophene rings is 1. The first-order valence-corrected chi connectivity index (χ1v) is 6.48. The lowest BCUT2D eigenvalue weighted by Crippen LogP contribution is -2.05. The van der Waals surface area contributed by atoms with Crippen LogP contribution < -0.4 is 5.32 Å². The summed E-state index contributed by atoms with van der Waals surface area (Å²) in [4.78, 5) is 1.32. The fourth-order valence-corrected chi connectivity index (χ4v) is 2.50. The number of benzene rings is 1. The van der Waals surface area contributed by atoms with Gasteiger partial charge in [-0.05, 0) is 43.0 Å². The summed E-state index contributed by atoms with van der Waals surface area (Å²) in [6.07, 6.45) is 0. The molecule has 2 aromatic rings. The van der Waals surface area contributed by atoms with Crippen LogP contribution in [-0.2, 0) is 0 Å². The minimum atomic E-state index is 0.291. The Hall–Kier alpha value is -0.990. The van der Waals surface area contributed by atoms with Crippen LogP contribution in [0.15, 0.2) is 35.7 Å². The summed E-state index contributed by atoms with van der Waals surface area (Å²) in [7, 11) is 0. The van der Waals surface area contributed by atoms with Gasteiger partial charge < -0.3 is 5.32 Å². The van der Waals surface area contributed by atoms with Crippen LogP contribution in [0, 0.1) is 6.92 Å². The Balaban J connectivity index is 2.17. The molecule has 0 amide bonds. The van der Waals surface area contributed by atoms with E-state index in [1.54, 1.807) is 11.3 Å². The largest absolute Gasteiger partial charge is 0.376 e. The van der Waals surface area contributed by atoms with Crippen molar-refractivity contribution in [3.63, 3.8) is 0 Å². The van der Waals surface area contributed by atoms with Gasteiger partial charge in [0.15, 0.2) is 0 Å². The maximum absolute atomic E-state index is 6.14. The number of hydrogen-bond acceptors (Lipinski definition) is 2. The lowest BCUT2D eigenvalue weighted by atomic mass is 10.2. The maximum atomic E-state index is 6.14. The van der Waals surface area contributed by atoms with Gasteiger partial charge in [0.25, 0.3) is 0 Å². The average Bonchev–Trinajstić information content (AvgIpc) is 2.76. The fraction of sp³-hybridized carbons (Fsp3) is 0.231.